The Morgan fingerprint density at radius 3 is 2.50 bits per heavy atom. The Morgan fingerprint density at radius 1 is 1.17 bits per heavy atom. The molecular formula is C23H33N3O4. The molecule has 0 aromatic heterocycles. The van der Waals surface area contributed by atoms with E-state index < -0.39 is 5.92 Å². The van der Waals surface area contributed by atoms with Crippen molar-refractivity contribution in [2.75, 3.05) is 33.3 Å². The monoisotopic (exact) mass is 415 g/mol. The molecule has 3 rings (SSSR count). The highest BCUT2D eigenvalue weighted by molar-refractivity contribution is 5.90. The van der Waals surface area contributed by atoms with Crippen molar-refractivity contribution in [1.82, 2.24) is 15.1 Å². The van der Waals surface area contributed by atoms with Gasteiger partial charge in [0.05, 0.1) is 19.1 Å². The third kappa shape index (κ3) is 5.12. The molecule has 1 aromatic carbocycles. The van der Waals surface area contributed by atoms with E-state index in [1.807, 2.05) is 34.1 Å². The van der Waals surface area contributed by atoms with Crippen LogP contribution in [0.4, 0.5) is 0 Å². The van der Waals surface area contributed by atoms with Crippen molar-refractivity contribution in [1.29, 1.82) is 0 Å². The molecule has 0 radical (unpaired) electrons. The first-order valence-electron chi connectivity index (χ1n) is 11.0. The van der Waals surface area contributed by atoms with E-state index >= 15 is 0 Å². The molecule has 0 bridgehead atoms. The fourth-order valence-corrected chi connectivity index (χ4v) is 4.38. The van der Waals surface area contributed by atoms with Gasteiger partial charge in [-0.05, 0) is 37.0 Å². The third-order valence-electron chi connectivity index (χ3n) is 6.08. The van der Waals surface area contributed by atoms with E-state index in [-0.39, 0.29) is 30.2 Å². The number of methoxy groups -OCH3 is 1. The average molecular weight is 416 g/mol. The summed E-state index contributed by atoms with van der Waals surface area (Å²) in [6.07, 6.45) is 4.50. The van der Waals surface area contributed by atoms with Gasteiger partial charge in [-0.15, -0.1) is 0 Å². The first-order chi connectivity index (χ1) is 14.5. The zero-order valence-electron chi connectivity index (χ0n) is 18.1. The fourth-order valence-electron chi connectivity index (χ4n) is 4.38. The Labute approximate surface area is 178 Å². The largest absolute Gasteiger partial charge is 0.497 e. The van der Waals surface area contributed by atoms with Crippen LogP contribution in [0.25, 0.3) is 0 Å². The summed E-state index contributed by atoms with van der Waals surface area (Å²) in [5.74, 6) is 0.232. The lowest BCUT2D eigenvalue weighted by atomic mass is 9.92. The zero-order chi connectivity index (χ0) is 21.5. The van der Waals surface area contributed by atoms with Gasteiger partial charge in [0.2, 0.25) is 17.7 Å². The van der Waals surface area contributed by atoms with Gasteiger partial charge in [0.1, 0.15) is 5.75 Å². The van der Waals surface area contributed by atoms with Crippen LogP contribution in [0.1, 0.15) is 57.1 Å². The summed E-state index contributed by atoms with van der Waals surface area (Å²) in [5.41, 5.74) is 0.936. The van der Waals surface area contributed by atoms with Crippen LogP contribution in [0.3, 0.4) is 0 Å². The molecule has 2 fully saturated rings. The second kappa shape index (κ2) is 10.5. The number of amides is 3. The van der Waals surface area contributed by atoms with Crippen LogP contribution in [-0.4, -0.2) is 60.8 Å². The molecule has 1 aromatic rings. The Bertz CT molecular complexity index is 743. The number of rotatable bonds is 9. The molecule has 3 amide bonds. The zero-order valence-corrected chi connectivity index (χ0v) is 18.1. The predicted molar refractivity (Wildman–Crippen MR) is 114 cm³/mol. The number of ether oxygens (including phenoxy) is 1. The average Bonchev–Trinajstić information content (AvgIpc) is 3.40. The molecular weight excluding hydrogens is 382 g/mol. The lowest BCUT2D eigenvalue weighted by Gasteiger charge is -2.28. The normalized spacial score (nSPS) is 21.2. The molecule has 7 nitrogen and oxygen atoms in total. The lowest BCUT2D eigenvalue weighted by molar-refractivity contribution is -0.131. The molecule has 2 atom stereocenters. The number of hydrogen-bond donors (Lipinski definition) is 1. The molecule has 2 aliphatic heterocycles. The van der Waals surface area contributed by atoms with E-state index in [0.717, 1.165) is 50.1 Å². The van der Waals surface area contributed by atoms with Gasteiger partial charge >= 0.3 is 0 Å². The summed E-state index contributed by atoms with van der Waals surface area (Å²) in [5, 5.41) is 2.91. The van der Waals surface area contributed by atoms with Crippen molar-refractivity contribution >= 4 is 17.7 Å². The van der Waals surface area contributed by atoms with Gasteiger partial charge in [-0.1, -0.05) is 25.5 Å². The minimum atomic E-state index is -0.454. The van der Waals surface area contributed by atoms with Crippen LogP contribution in [0.5, 0.6) is 5.75 Å². The van der Waals surface area contributed by atoms with Crippen LogP contribution in [-0.2, 0) is 14.4 Å². The van der Waals surface area contributed by atoms with E-state index in [9.17, 15) is 14.4 Å². The number of nitrogens with zero attached hydrogens (tertiary/aromatic N) is 2. The second-order valence-corrected chi connectivity index (χ2v) is 8.10. The number of unbranched alkanes of at least 4 members (excludes halogenated alkanes) is 1. The van der Waals surface area contributed by atoms with Crippen LogP contribution >= 0.6 is 0 Å². The van der Waals surface area contributed by atoms with E-state index in [1.54, 1.807) is 7.11 Å². The summed E-state index contributed by atoms with van der Waals surface area (Å²) in [6.45, 7) is 4.67. The van der Waals surface area contributed by atoms with Gasteiger partial charge in [0.25, 0.3) is 0 Å². The van der Waals surface area contributed by atoms with E-state index in [4.69, 9.17) is 4.74 Å². The van der Waals surface area contributed by atoms with Crippen molar-refractivity contribution in [3.8, 4) is 5.75 Å². The summed E-state index contributed by atoms with van der Waals surface area (Å²) < 4.78 is 5.24. The first-order valence-corrected chi connectivity index (χ1v) is 11.0. The van der Waals surface area contributed by atoms with Crippen LogP contribution in [0.2, 0.25) is 0 Å². The number of hydrogen-bond acceptors (Lipinski definition) is 4. The van der Waals surface area contributed by atoms with Gasteiger partial charge in [-0.25, -0.2) is 0 Å². The van der Waals surface area contributed by atoms with E-state index in [1.165, 1.54) is 0 Å². The Morgan fingerprint density at radius 2 is 1.87 bits per heavy atom. The SMILES string of the molecule is CCCCN1C(=O)CC(C(=O)NCCC(=O)N2CCCC2)C1c1ccc(OC)cc1. The highest BCUT2D eigenvalue weighted by atomic mass is 16.5. The Balaban J connectivity index is 1.67. The molecule has 0 spiro atoms. The number of carbonyl (C=O) groups excluding carboxylic acids is 3. The fraction of sp³-hybridized carbons (Fsp3) is 0.609. The van der Waals surface area contributed by atoms with Crippen molar-refractivity contribution in [3.63, 3.8) is 0 Å². The Hall–Kier alpha value is -2.57. The van der Waals surface area contributed by atoms with Crippen molar-refractivity contribution in [2.45, 2.75) is 51.5 Å². The highest BCUT2D eigenvalue weighted by Crippen LogP contribution is 2.39. The highest BCUT2D eigenvalue weighted by Gasteiger charge is 2.44. The minimum absolute atomic E-state index is 0.0116. The number of likely N-dealkylation sites (tertiary alicyclic amines) is 2. The maximum absolute atomic E-state index is 13.0. The minimum Gasteiger partial charge on any atom is -0.497 e. The van der Waals surface area contributed by atoms with Gasteiger partial charge in [-0.3, -0.25) is 14.4 Å². The van der Waals surface area contributed by atoms with E-state index in [2.05, 4.69) is 12.2 Å². The molecule has 2 unspecified atom stereocenters. The molecule has 0 aliphatic carbocycles. The Kier molecular flexibility index (Phi) is 7.71. The number of benzene rings is 1. The third-order valence-corrected chi connectivity index (χ3v) is 6.08. The predicted octanol–water partition coefficient (Wildman–Crippen LogP) is 2.51. The van der Waals surface area contributed by atoms with Crippen molar-refractivity contribution < 1.29 is 19.1 Å². The number of carbonyl (C=O) groups is 3. The summed E-state index contributed by atoms with van der Waals surface area (Å²) >= 11 is 0. The van der Waals surface area contributed by atoms with Crippen LogP contribution in [0.15, 0.2) is 24.3 Å². The van der Waals surface area contributed by atoms with E-state index in [0.29, 0.717) is 19.5 Å². The molecule has 0 saturated carbocycles. The smallest absolute Gasteiger partial charge is 0.226 e. The molecule has 164 valence electrons. The molecule has 1 N–H and O–H groups in total. The molecule has 7 heteroatoms. The van der Waals surface area contributed by atoms with Gasteiger partial charge < -0.3 is 19.9 Å². The molecule has 2 heterocycles. The summed E-state index contributed by atoms with van der Waals surface area (Å²) in [6, 6.07) is 7.29. The maximum Gasteiger partial charge on any atom is 0.226 e. The van der Waals surface area contributed by atoms with Gasteiger partial charge in [0.15, 0.2) is 0 Å². The quantitative estimate of drug-likeness (QED) is 0.672. The molecule has 2 aliphatic rings. The summed E-state index contributed by atoms with van der Waals surface area (Å²) in [7, 11) is 1.61. The van der Waals surface area contributed by atoms with Crippen molar-refractivity contribution in [2.24, 2.45) is 5.92 Å². The van der Waals surface area contributed by atoms with Crippen LogP contribution < -0.4 is 10.1 Å². The second-order valence-electron chi connectivity index (χ2n) is 8.10. The summed E-state index contributed by atoms with van der Waals surface area (Å²) in [4.78, 5) is 41.6. The van der Waals surface area contributed by atoms with Crippen LogP contribution in [0, 0.1) is 5.92 Å². The van der Waals surface area contributed by atoms with Crippen molar-refractivity contribution in [3.05, 3.63) is 29.8 Å². The lowest BCUT2D eigenvalue weighted by Crippen LogP contribution is -2.38. The maximum atomic E-state index is 13.0. The standard InChI is InChI=1S/C23H33N3O4/c1-3-4-15-26-21(28)16-19(22(26)17-7-9-18(30-2)10-8-17)23(29)24-12-11-20(27)25-13-5-6-14-25/h7-10,19,22H,3-6,11-16H2,1-2H3,(H,24,29). The molecule has 30 heavy (non-hydrogen) atoms. The van der Waals surface area contributed by atoms with Gasteiger partial charge in [-0.2, -0.15) is 0 Å². The number of nitrogens with one attached hydrogen (secondary N) is 1. The molecule has 2 saturated heterocycles. The van der Waals surface area contributed by atoms with Gasteiger partial charge in [0, 0.05) is 39.0 Å². The topological polar surface area (TPSA) is 79.0 Å². The first kappa shape index (κ1) is 22.1.